The lowest BCUT2D eigenvalue weighted by atomic mass is 10.2. The van der Waals surface area contributed by atoms with Crippen molar-refractivity contribution in [1.29, 1.82) is 0 Å². The molecule has 0 heterocycles. The van der Waals surface area contributed by atoms with Gasteiger partial charge < -0.3 is 14.8 Å². The van der Waals surface area contributed by atoms with Crippen molar-refractivity contribution < 1.29 is 19.1 Å². The van der Waals surface area contributed by atoms with Crippen LogP contribution in [0.25, 0.3) is 0 Å². The Morgan fingerprint density at radius 3 is 2.00 bits per heavy atom. The number of esters is 2. The molecule has 0 radical (unpaired) electrons. The standard InChI is InChI=1S/C10H17NO4/c1-7(2)5-11-6-8(9(12)14-3)10(13)15-4/h6-7,11H,5H2,1-4H3. The van der Waals surface area contributed by atoms with Crippen LogP contribution in [0.5, 0.6) is 0 Å². The summed E-state index contributed by atoms with van der Waals surface area (Å²) in [5, 5.41) is 2.85. The molecule has 15 heavy (non-hydrogen) atoms. The van der Waals surface area contributed by atoms with Gasteiger partial charge in [0, 0.05) is 12.7 Å². The van der Waals surface area contributed by atoms with Gasteiger partial charge in [0.25, 0.3) is 0 Å². The number of methoxy groups -OCH3 is 2. The summed E-state index contributed by atoms with van der Waals surface area (Å²) in [6.45, 7) is 4.69. The van der Waals surface area contributed by atoms with E-state index in [4.69, 9.17) is 0 Å². The molecule has 0 aliphatic rings. The van der Waals surface area contributed by atoms with Gasteiger partial charge in [-0.1, -0.05) is 13.8 Å². The molecule has 0 aromatic heterocycles. The number of nitrogens with one attached hydrogen (secondary N) is 1. The molecule has 5 heteroatoms. The summed E-state index contributed by atoms with van der Waals surface area (Å²) in [6, 6.07) is 0. The van der Waals surface area contributed by atoms with Crippen molar-refractivity contribution in [2.45, 2.75) is 13.8 Å². The zero-order chi connectivity index (χ0) is 11.8. The summed E-state index contributed by atoms with van der Waals surface area (Å²) >= 11 is 0. The van der Waals surface area contributed by atoms with Crippen LogP contribution in [0.1, 0.15) is 13.8 Å². The van der Waals surface area contributed by atoms with Crippen LogP contribution in [-0.2, 0) is 19.1 Å². The molecule has 0 aromatic rings. The maximum atomic E-state index is 11.2. The van der Waals surface area contributed by atoms with E-state index in [2.05, 4.69) is 14.8 Å². The Hall–Kier alpha value is -1.52. The summed E-state index contributed by atoms with van der Waals surface area (Å²) in [5.41, 5.74) is -0.138. The molecular weight excluding hydrogens is 198 g/mol. The third kappa shape index (κ3) is 5.05. The molecule has 5 nitrogen and oxygen atoms in total. The van der Waals surface area contributed by atoms with Crippen molar-refractivity contribution in [3.05, 3.63) is 11.8 Å². The molecule has 0 aliphatic carbocycles. The Kier molecular flexibility index (Phi) is 6.17. The summed E-state index contributed by atoms with van der Waals surface area (Å²) in [6.07, 6.45) is 1.32. The molecule has 0 spiro atoms. The fourth-order valence-electron chi connectivity index (χ4n) is 0.818. The zero-order valence-electron chi connectivity index (χ0n) is 9.49. The summed E-state index contributed by atoms with van der Waals surface area (Å²) in [7, 11) is 2.42. The predicted octanol–water partition coefficient (Wildman–Crippen LogP) is 0.462. The monoisotopic (exact) mass is 215 g/mol. The second-order valence-electron chi connectivity index (χ2n) is 3.34. The fourth-order valence-corrected chi connectivity index (χ4v) is 0.818. The first-order valence-electron chi connectivity index (χ1n) is 4.63. The predicted molar refractivity (Wildman–Crippen MR) is 55.0 cm³/mol. The van der Waals surface area contributed by atoms with Crippen molar-refractivity contribution >= 4 is 11.9 Å². The van der Waals surface area contributed by atoms with Crippen molar-refractivity contribution in [3.63, 3.8) is 0 Å². The third-order valence-electron chi connectivity index (χ3n) is 1.58. The normalized spacial score (nSPS) is 9.40. The van der Waals surface area contributed by atoms with Crippen LogP contribution < -0.4 is 5.32 Å². The molecule has 0 rings (SSSR count). The molecule has 0 fully saturated rings. The average molecular weight is 215 g/mol. The number of hydrogen-bond acceptors (Lipinski definition) is 5. The first-order valence-corrected chi connectivity index (χ1v) is 4.63. The van der Waals surface area contributed by atoms with Gasteiger partial charge in [0.2, 0.25) is 0 Å². The molecule has 0 aromatic carbocycles. The van der Waals surface area contributed by atoms with Gasteiger partial charge in [-0.2, -0.15) is 0 Å². The summed E-state index contributed by atoms with van der Waals surface area (Å²) < 4.78 is 8.89. The number of carbonyl (C=O) groups is 2. The highest BCUT2D eigenvalue weighted by Gasteiger charge is 2.19. The Morgan fingerprint density at radius 1 is 1.20 bits per heavy atom. The van der Waals surface area contributed by atoms with Gasteiger partial charge in [0.05, 0.1) is 14.2 Å². The smallest absolute Gasteiger partial charge is 0.346 e. The largest absolute Gasteiger partial charge is 0.465 e. The maximum Gasteiger partial charge on any atom is 0.346 e. The first-order chi connectivity index (χ1) is 7.02. The quantitative estimate of drug-likeness (QED) is 0.312. The third-order valence-corrected chi connectivity index (χ3v) is 1.58. The van der Waals surface area contributed by atoms with Crippen LogP contribution in [0, 0.1) is 5.92 Å². The van der Waals surface area contributed by atoms with Gasteiger partial charge in [0.15, 0.2) is 5.57 Å². The lowest BCUT2D eigenvalue weighted by Gasteiger charge is -2.06. The second-order valence-corrected chi connectivity index (χ2v) is 3.34. The lowest BCUT2D eigenvalue weighted by molar-refractivity contribution is -0.144. The number of ether oxygens (including phenoxy) is 2. The Balaban J connectivity index is 4.48. The molecule has 0 saturated heterocycles. The van der Waals surface area contributed by atoms with E-state index in [1.54, 1.807) is 0 Å². The van der Waals surface area contributed by atoms with Gasteiger partial charge in [-0.15, -0.1) is 0 Å². The van der Waals surface area contributed by atoms with Crippen molar-refractivity contribution in [3.8, 4) is 0 Å². The van der Waals surface area contributed by atoms with Crippen LogP contribution in [0.4, 0.5) is 0 Å². The van der Waals surface area contributed by atoms with Crippen molar-refractivity contribution in [2.75, 3.05) is 20.8 Å². The van der Waals surface area contributed by atoms with Crippen LogP contribution in [-0.4, -0.2) is 32.7 Å². The minimum Gasteiger partial charge on any atom is -0.465 e. The van der Waals surface area contributed by atoms with E-state index in [9.17, 15) is 9.59 Å². The minimum atomic E-state index is -0.710. The van der Waals surface area contributed by atoms with E-state index in [-0.39, 0.29) is 5.57 Å². The van der Waals surface area contributed by atoms with E-state index in [1.165, 1.54) is 20.4 Å². The molecule has 0 aliphatic heterocycles. The molecule has 0 unspecified atom stereocenters. The summed E-state index contributed by atoms with van der Waals surface area (Å²) in [5.74, 6) is -1.01. The van der Waals surface area contributed by atoms with Crippen LogP contribution in [0.15, 0.2) is 11.8 Å². The van der Waals surface area contributed by atoms with Crippen molar-refractivity contribution in [2.24, 2.45) is 5.92 Å². The minimum absolute atomic E-state index is 0.138. The fraction of sp³-hybridized carbons (Fsp3) is 0.600. The van der Waals surface area contributed by atoms with E-state index < -0.39 is 11.9 Å². The SMILES string of the molecule is COC(=O)C(=CNCC(C)C)C(=O)OC. The van der Waals surface area contributed by atoms with E-state index >= 15 is 0 Å². The van der Waals surface area contributed by atoms with Gasteiger partial charge in [-0.05, 0) is 5.92 Å². The molecule has 86 valence electrons. The molecule has 0 atom stereocenters. The summed E-state index contributed by atoms with van der Waals surface area (Å²) in [4.78, 5) is 22.3. The highest BCUT2D eigenvalue weighted by atomic mass is 16.5. The topological polar surface area (TPSA) is 64.6 Å². The number of carbonyl (C=O) groups excluding carboxylic acids is 2. The Morgan fingerprint density at radius 2 is 1.67 bits per heavy atom. The van der Waals surface area contributed by atoms with Gasteiger partial charge in [-0.3, -0.25) is 0 Å². The second kappa shape index (κ2) is 6.86. The van der Waals surface area contributed by atoms with Crippen molar-refractivity contribution in [1.82, 2.24) is 5.32 Å². The van der Waals surface area contributed by atoms with E-state index in [0.29, 0.717) is 12.5 Å². The highest BCUT2D eigenvalue weighted by molar-refractivity contribution is 6.13. The average Bonchev–Trinajstić information content (AvgIpc) is 2.22. The zero-order valence-corrected chi connectivity index (χ0v) is 9.49. The number of hydrogen-bond donors (Lipinski definition) is 1. The maximum absolute atomic E-state index is 11.2. The number of rotatable bonds is 5. The van der Waals surface area contributed by atoms with Crippen LogP contribution in [0.2, 0.25) is 0 Å². The van der Waals surface area contributed by atoms with Gasteiger partial charge >= 0.3 is 11.9 Å². The molecule has 1 N–H and O–H groups in total. The van der Waals surface area contributed by atoms with E-state index in [1.807, 2.05) is 13.8 Å². The lowest BCUT2D eigenvalue weighted by Crippen LogP contribution is -2.21. The molecule has 0 amide bonds. The first kappa shape index (κ1) is 13.5. The molecule has 0 bridgehead atoms. The van der Waals surface area contributed by atoms with Gasteiger partial charge in [0.1, 0.15) is 0 Å². The van der Waals surface area contributed by atoms with Crippen LogP contribution >= 0.6 is 0 Å². The molecular formula is C10H17NO4. The van der Waals surface area contributed by atoms with Gasteiger partial charge in [-0.25, -0.2) is 9.59 Å². The molecule has 0 saturated carbocycles. The van der Waals surface area contributed by atoms with E-state index in [0.717, 1.165) is 0 Å². The van der Waals surface area contributed by atoms with Crippen LogP contribution in [0.3, 0.4) is 0 Å². The Bertz CT molecular complexity index is 240. The highest BCUT2D eigenvalue weighted by Crippen LogP contribution is 1.99. The Labute approximate surface area is 89.4 Å².